The lowest BCUT2D eigenvalue weighted by Crippen LogP contribution is -2.11. The highest BCUT2D eigenvalue weighted by atomic mass is 15.4. The van der Waals surface area contributed by atoms with E-state index >= 15 is 0 Å². The van der Waals surface area contributed by atoms with Gasteiger partial charge in [-0.1, -0.05) is 47.5 Å². The van der Waals surface area contributed by atoms with Gasteiger partial charge in [0.25, 0.3) is 0 Å². The summed E-state index contributed by atoms with van der Waals surface area (Å²) in [4.78, 5) is 4.81. The topological polar surface area (TPSA) is 48.5 Å². The van der Waals surface area contributed by atoms with Gasteiger partial charge in [-0.2, -0.15) is 10.2 Å². The Morgan fingerprint density at radius 3 is 2.43 bits per heavy atom. The van der Waals surface area contributed by atoms with Crippen molar-refractivity contribution in [1.29, 1.82) is 0 Å². The molecule has 0 amide bonds. The zero-order chi connectivity index (χ0) is 17.0. The lowest BCUT2D eigenvalue weighted by Gasteiger charge is -2.14. The quantitative estimate of drug-likeness (QED) is 0.775. The van der Waals surface area contributed by atoms with Gasteiger partial charge in [0.15, 0.2) is 11.6 Å². The van der Waals surface area contributed by atoms with Gasteiger partial charge in [0.05, 0.1) is 0 Å². The van der Waals surface area contributed by atoms with Gasteiger partial charge >= 0.3 is 0 Å². The van der Waals surface area contributed by atoms with Crippen molar-refractivity contribution in [3.05, 3.63) is 17.6 Å². The van der Waals surface area contributed by atoms with Crippen LogP contribution in [0.3, 0.4) is 0 Å². The Morgan fingerprint density at radius 1 is 1.09 bits per heavy atom. The summed E-state index contributed by atoms with van der Waals surface area (Å²) in [5.41, 5.74) is 2.38. The second-order valence-corrected chi connectivity index (χ2v) is 7.56. The summed E-state index contributed by atoms with van der Waals surface area (Å²) >= 11 is 0. The average molecular weight is 317 g/mol. The molecule has 0 saturated heterocycles. The molecule has 5 nitrogen and oxygen atoms in total. The first-order valence-corrected chi connectivity index (χ1v) is 8.81. The molecule has 2 aromatic heterocycles. The van der Waals surface area contributed by atoms with Crippen molar-refractivity contribution in [3.8, 4) is 11.5 Å². The summed E-state index contributed by atoms with van der Waals surface area (Å²) in [7, 11) is 2.01. The molecule has 128 valence electrons. The van der Waals surface area contributed by atoms with E-state index in [0.717, 1.165) is 56.0 Å². The van der Waals surface area contributed by atoms with Crippen LogP contribution in [0.1, 0.15) is 65.4 Å². The summed E-state index contributed by atoms with van der Waals surface area (Å²) < 4.78 is 4.02. The standard InChI is InChI=1S/C18H31N5/c1-7-9-11-23-17(19-16(21-23)13-18(3,4)5)15-12-14(10-8-2)22(6)20-15/h12H,7-11,13H2,1-6H3. The minimum atomic E-state index is 0.186. The molecule has 0 aliphatic heterocycles. The number of nitrogens with zero attached hydrogens (tertiary/aromatic N) is 5. The molecule has 5 heteroatoms. The Labute approximate surface area is 140 Å². The summed E-state index contributed by atoms with van der Waals surface area (Å²) in [6.45, 7) is 12.0. The molecule has 0 unspecified atom stereocenters. The van der Waals surface area contributed by atoms with Gasteiger partial charge in [0.1, 0.15) is 5.69 Å². The summed E-state index contributed by atoms with van der Waals surface area (Å²) in [6.07, 6.45) is 5.31. The van der Waals surface area contributed by atoms with E-state index in [9.17, 15) is 0 Å². The highest BCUT2D eigenvalue weighted by Gasteiger charge is 2.20. The monoisotopic (exact) mass is 317 g/mol. The SMILES string of the molecule is CCCCn1nc(CC(C)(C)C)nc1-c1cc(CCC)n(C)n1. The van der Waals surface area contributed by atoms with Crippen molar-refractivity contribution in [2.75, 3.05) is 0 Å². The first kappa shape index (κ1) is 17.7. The summed E-state index contributed by atoms with van der Waals surface area (Å²) in [5.74, 6) is 1.84. The maximum Gasteiger partial charge on any atom is 0.178 e. The van der Waals surface area contributed by atoms with Gasteiger partial charge in [-0.25, -0.2) is 9.67 Å². The van der Waals surface area contributed by atoms with E-state index in [4.69, 9.17) is 10.1 Å². The van der Waals surface area contributed by atoms with Crippen LogP contribution in [0.5, 0.6) is 0 Å². The van der Waals surface area contributed by atoms with Gasteiger partial charge in [-0.05, 0) is 24.3 Å². The molecule has 0 bridgehead atoms. The third-order valence-electron chi connectivity index (χ3n) is 3.84. The van der Waals surface area contributed by atoms with Crippen LogP contribution < -0.4 is 0 Å². The Balaban J connectivity index is 2.36. The number of unbranched alkanes of at least 4 members (excludes halogenated alkanes) is 1. The number of hydrogen-bond donors (Lipinski definition) is 0. The zero-order valence-corrected chi connectivity index (χ0v) is 15.6. The largest absolute Gasteiger partial charge is 0.272 e. The van der Waals surface area contributed by atoms with E-state index in [-0.39, 0.29) is 5.41 Å². The third-order valence-corrected chi connectivity index (χ3v) is 3.84. The van der Waals surface area contributed by atoms with Crippen molar-refractivity contribution < 1.29 is 0 Å². The van der Waals surface area contributed by atoms with E-state index < -0.39 is 0 Å². The smallest absolute Gasteiger partial charge is 0.178 e. The molecule has 2 heterocycles. The van der Waals surface area contributed by atoms with Crippen molar-refractivity contribution in [2.24, 2.45) is 12.5 Å². The molecule has 2 rings (SSSR count). The molecule has 0 aliphatic rings. The van der Waals surface area contributed by atoms with Crippen molar-refractivity contribution in [2.45, 2.75) is 73.3 Å². The molecule has 0 aliphatic carbocycles. The molecule has 0 N–H and O–H groups in total. The Bertz CT molecular complexity index is 630. The minimum absolute atomic E-state index is 0.186. The van der Waals surface area contributed by atoms with E-state index in [1.54, 1.807) is 0 Å². The first-order chi connectivity index (χ1) is 10.8. The lowest BCUT2D eigenvalue weighted by molar-refractivity contribution is 0.398. The Morgan fingerprint density at radius 2 is 1.83 bits per heavy atom. The molecular weight excluding hydrogens is 286 g/mol. The molecule has 0 spiro atoms. The van der Waals surface area contributed by atoms with Crippen molar-refractivity contribution in [1.82, 2.24) is 24.5 Å². The molecule has 0 aromatic carbocycles. The molecule has 0 radical (unpaired) electrons. The van der Waals surface area contributed by atoms with E-state index in [2.05, 4.69) is 45.8 Å². The van der Waals surface area contributed by atoms with Crippen LogP contribution in [0.15, 0.2) is 6.07 Å². The number of hydrogen-bond acceptors (Lipinski definition) is 3. The van der Waals surface area contributed by atoms with Crippen LogP contribution >= 0.6 is 0 Å². The summed E-state index contributed by atoms with van der Waals surface area (Å²) in [5, 5.41) is 9.42. The fourth-order valence-corrected chi connectivity index (χ4v) is 2.70. The lowest BCUT2D eigenvalue weighted by atomic mass is 9.92. The Hall–Kier alpha value is -1.65. The second kappa shape index (κ2) is 7.28. The van der Waals surface area contributed by atoms with Crippen LogP contribution in [0, 0.1) is 5.41 Å². The van der Waals surface area contributed by atoms with Crippen LogP contribution in [-0.2, 0) is 26.4 Å². The zero-order valence-electron chi connectivity index (χ0n) is 15.6. The van der Waals surface area contributed by atoms with Crippen LogP contribution in [-0.4, -0.2) is 24.5 Å². The maximum atomic E-state index is 4.81. The molecule has 0 atom stereocenters. The second-order valence-electron chi connectivity index (χ2n) is 7.56. The van der Waals surface area contributed by atoms with Gasteiger partial charge in [0, 0.05) is 25.7 Å². The van der Waals surface area contributed by atoms with Crippen molar-refractivity contribution in [3.63, 3.8) is 0 Å². The summed E-state index contributed by atoms with van der Waals surface area (Å²) in [6, 6.07) is 2.16. The molecular formula is C18H31N5. The van der Waals surface area contributed by atoms with Gasteiger partial charge < -0.3 is 0 Å². The predicted molar refractivity (Wildman–Crippen MR) is 94.3 cm³/mol. The fourth-order valence-electron chi connectivity index (χ4n) is 2.70. The van der Waals surface area contributed by atoms with Gasteiger partial charge in [-0.3, -0.25) is 4.68 Å². The van der Waals surface area contributed by atoms with Gasteiger partial charge in [-0.15, -0.1) is 0 Å². The molecule has 2 aromatic rings. The molecule has 0 saturated carbocycles. The number of aryl methyl sites for hydroxylation is 3. The first-order valence-electron chi connectivity index (χ1n) is 8.81. The number of aromatic nitrogens is 5. The molecule has 0 fully saturated rings. The van der Waals surface area contributed by atoms with E-state index in [1.807, 2.05) is 16.4 Å². The van der Waals surface area contributed by atoms with Crippen LogP contribution in [0.4, 0.5) is 0 Å². The third kappa shape index (κ3) is 4.66. The highest BCUT2D eigenvalue weighted by molar-refractivity contribution is 5.50. The minimum Gasteiger partial charge on any atom is -0.272 e. The fraction of sp³-hybridized carbons (Fsp3) is 0.722. The highest BCUT2D eigenvalue weighted by Crippen LogP contribution is 2.23. The van der Waals surface area contributed by atoms with E-state index in [1.165, 1.54) is 5.69 Å². The van der Waals surface area contributed by atoms with Crippen LogP contribution in [0.25, 0.3) is 11.5 Å². The average Bonchev–Trinajstić information content (AvgIpc) is 2.99. The number of rotatable bonds is 7. The molecule has 23 heavy (non-hydrogen) atoms. The maximum absolute atomic E-state index is 4.81. The van der Waals surface area contributed by atoms with Crippen LogP contribution in [0.2, 0.25) is 0 Å². The normalized spacial score (nSPS) is 12.1. The van der Waals surface area contributed by atoms with Crippen molar-refractivity contribution >= 4 is 0 Å². The van der Waals surface area contributed by atoms with E-state index in [0.29, 0.717) is 0 Å². The predicted octanol–water partition coefficient (Wildman–Crippen LogP) is 4.02. The van der Waals surface area contributed by atoms with Gasteiger partial charge in [0.2, 0.25) is 0 Å². The Kier molecular flexibility index (Phi) is 5.60.